The third kappa shape index (κ3) is 20.5. The molecule has 640 valence electrons. The highest BCUT2D eigenvalue weighted by Crippen LogP contribution is 2.50. The van der Waals surface area contributed by atoms with E-state index < -0.39 is 237 Å². The fourth-order valence-corrected chi connectivity index (χ4v) is 15.0. The number of carbonyl (C=O) groups is 8. The van der Waals surface area contributed by atoms with Gasteiger partial charge < -0.3 is 137 Å². The van der Waals surface area contributed by atoms with E-state index in [2.05, 4.69) is 49.1 Å². The number of aliphatic carboxylic acids is 1. The van der Waals surface area contributed by atoms with Crippen molar-refractivity contribution in [1.82, 2.24) is 42.5 Å². The lowest BCUT2D eigenvalue weighted by atomic mass is 9.84. The lowest BCUT2D eigenvalue weighted by molar-refractivity contribution is -0.334. The summed E-state index contributed by atoms with van der Waals surface area (Å²) in [5.41, 5.74) is 2.36. The van der Waals surface area contributed by atoms with Crippen LogP contribution in [0.4, 0.5) is 0 Å². The molecule has 0 aromatic heterocycles. The van der Waals surface area contributed by atoms with Gasteiger partial charge in [-0.1, -0.05) is 80.7 Å². The lowest BCUT2D eigenvalue weighted by Crippen LogP contribution is -2.65. The van der Waals surface area contributed by atoms with Crippen LogP contribution >= 0.6 is 23.2 Å². The van der Waals surface area contributed by atoms with Gasteiger partial charge in [0.05, 0.1) is 54.5 Å². The number of allylic oxidation sites excluding steroid dienone is 1. The zero-order valence-electron chi connectivity index (χ0n) is 65.5. The Balaban J connectivity index is 1.10. The molecule has 11 bridgehead atoms. The van der Waals surface area contributed by atoms with Gasteiger partial charge in [-0.3, -0.25) is 33.6 Å². The van der Waals surface area contributed by atoms with Gasteiger partial charge in [-0.2, -0.15) is 0 Å². The van der Waals surface area contributed by atoms with Crippen molar-refractivity contribution < 1.29 is 127 Å². The summed E-state index contributed by atoms with van der Waals surface area (Å²) in [5, 5.41) is 137. The minimum absolute atomic E-state index is 0.109. The number of fused-ring (bicyclic) bond motifs is 15. The molecule has 37 heteroatoms. The number of ether oxygens (including phenoxy) is 8. The van der Waals surface area contributed by atoms with E-state index in [1.807, 2.05) is 32.9 Å². The monoisotopic (exact) mass is 1690 g/mol. The van der Waals surface area contributed by atoms with E-state index in [4.69, 9.17) is 66.8 Å². The van der Waals surface area contributed by atoms with Gasteiger partial charge in [0.15, 0.2) is 41.4 Å². The molecule has 13 rings (SSSR count). The molecule has 7 amide bonds. The smallest absolute Gasteiger partial charge is 0.330 e. The highest BCUT2D eigenvalue weighted by atomic mass is 35.5. The van der Waals surface area contributed by atoms with Crippen LogP contribution in [0.3, 0.4) is 0 Å². The molecule has 0 saturated carbocycles. The maximum atomic E-state index is 16.2. The Morgan fingerprint density at radius 3 is 1.98 bits per heavy atom. The van der Waals surface area contributed by atoms with Crippen LogP contribution in [-0.2, 0) is 59.1 Å². The van der Waals surface area contributed by atoms with Crippen LogP contribution in [-0.4, -0.2) is 204 Å². The van der Waals surface area contributed by atoms with E-state index in [0.29, 0.717) is 37.6 Å². The van der Waals surface area contributed by atoms with Crippen LogP contribution in [0.2, 0.25) is 10.0 Å². The second-order valence-electron chi connectivity index (χ2n) is 30.2. The number of phenolic OH excluding ortho intramolecular Hbond substituents is 3. The first kappa shape index (κ1) is 89.2. The van der Waals surface area contributed by atoms with Gasteiger partial charge in [-0.05, 0) is 147 Å². The second-order valence-corrected chi connectivity index (χ2v) is 31.1. The van der Waals surface area contributed by atoms with Crippen molar-refractivity contribution in [3.05, 3.63) is 153 Å². The van der Waals surface area contributed by atoms with Crippen LogP contribution < -0.4 is 72.0 Å². The van der Waals surface area contributed by atoms with Crippen molar-refractivity contribution in [3.8, 4) is 68.6 Å². The molecular formula is C82H97Cl2N9O26. The third-order valence-electron chi connectivity index (χ3n) is 21.0. The van der Waals surface area contributed by atoms with E-state index in [1.54, 1.807) is 26.0 Å². The molecule has 18 atom stereocenters. The molecule has 6 aromatic carbocycles. The van der Waals surface area contributed by atoms with Gasteiger partial charge in [-0.25, -0.2) is 4.79 Å². The molecular weight excluding hydrogens is 1600 g/mol. The fraction of sp³-hybridized carbons (Fsp3) is 0.439. The minimum atomic E-state index is -2.37. The Morgan fingerprint density at radius 2 is 1.35 bits per heavy atom. The van der Waals surface area contributed by atoms with Crippen molar-refractivity contribution in [2.75, 3.05) is 26.9 Å². The number of carbonyl (C=O) groups excluding carboxylic acids is 7. The molecule has 6 aromatic rings. The number of carboxylic acid groups (broad SMARTS) is 1. The van der Waals surface area contributed by atoms with Crippen LogP contribution in [0.15, 0.2) is 110 Å². The zero-order chi connectivity index (χ0) is 86.2. The number of aliphatic hydroxyl groups excluding tert-OH is 6. The highest BCUT2D eigenvalue weighted by molar-refractivity contribution is 6.32. The quantitative estimate of drug-likeness (QED) is 0.0278. The first-order chi connectivity index (χ1) is 56.6. The van der Waals surface area contributed by atoms with Gasteiger partial charge in [0.2, 0.25) is 53.4 Å². The van der Waals surface area contributed by atoms with Crippen molar-refractivity contribution in [1.29, 1.82) is 0 Å². The predicted molar refractivity (Wildman–Crippen MR) is 424 cm³/mol. The molecule has 0 unspecified atom stereocenters. The average molecular weight is 1700 g/mol. The number of likely N-dealkylation sites (N-methyl/N-ethyl adjacent to an activating group) is 1. The maximum Gasteiger partial charge on any atom is 0.330 e. The van der Waals surface area contributed by atoms with Crippen molar-refractivity contribution in [2.24, 2.45) is 11.7 Å². The number of rotatable bonds is 25. The molecule has 2 fully saturated rings. The Bertz CT molecular complexity index is 4790. The number of nitrogens with one attached hydrogen (secondary N) is 8. The fourth-order valence-electron chi connectivity index (χ4n) is 14.6. The molecule has 7 aliphatic heterocycles. The molecule has 20 N–H and O–H groups in total. The number of amides is 7. The summed E-state index contributed by atoms with van der Waals surface area (Å²) in [4.78, 5) is 118. The molecule has 2 saturated heterocycles. The van der Waals surface area contributed by atoms with E-state index in [0.717, 1.165) is 85.1 Å². The summed E-state index contributed by atoms with van der Waals surface area (Å²) in [6, 6.07) is 4.77. The van der Waals surface area contributed by atoms with Crippen LogP contribution in [0.25, 0.3) is 11.1 Å². The summed E-state index contributed by atoms with van der Waals surface area (Å²) in [7, 11) is 1.48. The number of carboxylic acids is 1. The number of hydrogen-bond acceptors (Lipinski definition) is 27. The summed E-state index contributed by atoms with van der Waals surface area (Å²) in [6.45, 7) is 12.7. The Kier molecular flexibility index (Phi) is 28.9. The van der Waals surface area contributed by atoms with E-state index in [-0.39, 0.29) is 52.8 Å². The van der Waals surface area contributed by atoms with E-state index >= 15 is 14.4 Å². The zero-order valence-corrected chi connectivity index (χ0v) is 67.0. The van der Waals surface area contributed by atoms with Crippen LogP contribution in [0, 0.1) is 5.92 Å². The van der Waals surface area contributed by atoms with Gasteiger partial charge >= 0.3 is 5.97 Å². The number of hydrogen-bond donors (Lipinski definition) is 19. The number of halogens is 2. The first-order valence-electron chi connectivity index (χ1n) is 38.5. The standard InChI is InChI=1S/C82H97Cl2N9O26/c1-8-10-12-22-113-55-24-38(13-18-54(55)112-21-11-9-2)34-87-82(6)33-60(114-37(5)73(82)103)118-72-70(102)69(101)58(35-94)117-81(72)119-71-56-28-42-29-57(71)116-53-20-16-41(27-47(53)84)68(100)66-79(109)91-64(80(110)111)45-30-43(95)31-51(97)61(45)44-25-39(14-17-50(44)96)62(76(106)93-66)90-77(107)63(42)89-75(105)49(32-59(85)98)88-78(108)65(92-74(104)48(86-7)23-36(3)4)67(99)40-15-19-52(115-56)46(83)26-40/h8,13-20,24-31,36-37,48-49,58,60,62-70,72-73,81,86-87,94-97,99-103H,1,9-12,21-23,32-35H2,2-7H3,(H2,85,98)(H,88,108)(H,89,105)(H,90,107)(H,91,109)(H,92,104)(H,93,106)(H,110,111)/t37-,48+,49-,58+,60-,62+,63+,64-,65+,66-,67+,68+,69+,70-,72+,73+,81-,82-/m0/s1. The van der Waals surface area contributed by atoms with Gasteiger partial charge in [0.1, 0.15) is 89.5 Å². The Hall–Kier alpha value is -10.6. The van der Waals surface area contributed by atoms with Gasteiger partial charge in [0, 0.05) is 41.3 Å². The number of benzene rings is 6. The van der Waals surface area contributed by atoms with Gasteiger partial charge in [-0.15, -0.1) is 6.58 Å². The predicted octanol–water partition coefficient (Wildman–Crippen LogP) is 4.46. The van der Waals surface area contributed by atoms with Crippen LogP contribution in [0.1, 0.15) is 143 Å². The first-order valence-corrected chi connectivity index (χ1v) is 39.3. The molecule has 119 heavy (non-hydrogen) atoms. The number of aromatic hydroxyl groups is 3. The number of aliphatic hydroxyl groups is 6. The highest BCUT2D eigenvalue weighted by Gasteiger charge is 2.52. The Morgan fingerprint density at radius 1 is 0.714 bits per heavy atom. The maximum absolute atomic E-state index is 16.2. The van der Waals surface area contributed by atoms with E-state index in [1.165, 1.54) is 19.2 Å². The van der Waals surface area contributed by atoms with Crippen LogP contribution in [0.5, 0.6) is 57.5 Å². The lowest BCUT2D eigenvalue weighted by Gasteiger charge is -2.48. The third-order valence-corrected chi connectivity index (χ3v) is 21.6. The average Bonchev–Trinajstić information content (AvgIpc) is 0.766. The van der Waals surface area contributed by atoms with Gasteiger partial charge in [0.25, 0.3) is 0 Å². The van der Waals surface area contributed by atoms with Crippen molar-refractivity contribution in [3.63, 3.8) is 0 Å². The minimum Gasteiger partial charge on any atom is -0.508 e. The Labute approximate surface area is 692 Å². The van der Waals surface area contributed by atoms with Crippen molar-refractivity contribution >= 4 is 70.5 Å². The largest absolute Gasteiger partial charge is 0.508 e. The molecule has 0 radical (unpaired) electrons. The summed E-state index contributed by atoms with van der Waals surface area (Å²) in [6.07, 6.45) is -14.0. The molecule has 35 nitrogen and oxygen atoms in total. The topological polar surface area (TPSA) is 535 Å². The second kappa shape index (κ2) is 38.6. The normalized spacial score (nSPS) is 26.7. The molecule has 7 heterocycles. The summed E-state index contributed by atoms with van der Waals surface area (Å²) >= 11 is 14.3. The SMILES string of the molecule is C=CCCCOc1cc(CN[C@@]2(C)C[C@H](O[C@H]3[C@H](Oc4c5cc6cc4Oc4ccc(cc4Cl)[C@@H](O)[C@@H](NC(=O)[C@@H](CC(C)C)NC)C(=O)N[C@@H](CC(N)=O)C(=O)N[C@H]6C(=O)N[C@H]4C(=O)N[C@H](C(=O)N[C@H](C(=O)O)c6cc(O)cc(O)c6-c6cc4ccc6O)[C@H](O)c4ccc(c(Cl)c4)O5)O[C@H](CO)[C@@H](O)[C@@H]3O)O[C@@H](C)[C@H]2O)ccc1OCCCC. The van der Waals surface area contributed by atoms with E-state index in [9.17, 15) is 75.0 Å². The summed E-state index contributed by atoms with van der Waals surface area (Å²) in [5.74, 6) is -15.1. The molecule has 0 spiro atoms. The molecule has 0 aliphatic carbocycles. The summed E-state index contributed by atoms with van der Waals surface area (Å²) < 4.78 is 51.9. The number of primary amides is 1. The number of phenols is 3. The number of nitrogens with two attached hydrogens (primary N) is 1. The van der Waals surface area contributed by atoms with Crippen molar-refractivity contribution in [2.45, 2.75) is 195 Å². The molecule has 7 aliphatic rings. The number of unbranched alkanes of at least 4 members (excludes halogenated alkanes) is 2.